The maximum atomic E-state index is 11.2. The molecule has 1 saturated heterocycles. The van der Waals surface area contributed by atoms with E-state index in [1.54, 1.807) is 7.11 Å². The van der Waals surface area contributed by atoms with Crippen LogP contribution >= 0.6 is 0 Å². The van der Waals surface area contributed by atoms with E-state index in [0.29, 0.717) is 38.8 Å². The lowest BCUT2D eigenvalue weighted by atomic mass is 10.00. The average Bonchev–Trinajstić information content (AvgIpc) is 2.17. The van der Waals surface area contributed by atoms with E-state index >= 15 is 0 Å². The van der Waals surface area contributed by atoms with Gasteiger partial charge in [0.2, 0.25) is 0 Å². The van der Waals surface area contributed by atoms with Crippen LogP contribution in [0.4, 0.5) is 0 Å². The number of rotatable bonds is 8. The van der Waals surface area contributed by atoms with Gasteiger partial charge < -0.3 is 19.5 Å². The van der Waals surface area contributed by atoms with Crippen molar-refractivity contribution in [2.45, 2.75) is 6.42 Å². The summed E-state index contributed by atoms with van der Waals surface area (Å²) in [7, 11) is 1.62. The molecule has 5 heteroatoms. The van der Waals surface area contributed by atoms with E-state index in [-0.39, 0.29) is 5.97 Å². The van der Waals surface area contributed by atoms with Crippen molar-refractivity contribution in [1.82, 2.24) is 5.32 Å². The largest absolute Gasteiger partial charge is 0.463 e. The molecule has 88 valence electrons. The molecule has 0 unspecified atom stereocenters. The molecule has 0 spiro atoms. The molecule has 1 fully saturated rings. The topological polar surface area (TPSA) is 56.8 Å². The van der Waals surface area contributed by atoms with Crippen molar-refractivity contribution in [2.24, 2.45) is 5.92 Å². The van der Waals surface area contributed by atoms with E-state index in [1.807, 2.05) is 0 Å². The second-order valence-corrected chi connectivity index (χ2v) is 3.55. The fraction of sp³-hybridized carbons (Fsp3) is 0.900. The van der Waals surface area contributed by atoms with E-state index in [2.05, 4.69) is 5.32 Å². The number of nitrogens with one attached hydrogen (secondary N) is 1. The zero-order valence-corrected chi connectivity index (χ0v) is 9.16. The number of hydrogen-bond donors (Lipinski definition) is 1. The van der Waals surface area contributed by atoms with Crippen molar-refractivity contribution in [3.8, 4) is 0 Å². The standard InChI is InChI=1S/C10H19NO4/c1-13-2-3-14-4-5-15-10(12)6-9-7-11-8-9/h9,11H,2-8H2,1H3. The summed E-state index contributed by atoms with van der Waals surface area (Å²) in [6.07, 6.45) is 0.519. The molecule has 1 aliphatic rings. The maximum absolute atomic E-state index is 11.2. The van der Waals surface area contributed by atoms with E-state index in [0.717, 1.165) is 13.1 Å². The molecule has 5 nitrogen and oxygen atoms in total. The monoisotopic (exact) mass is 217 g/mol. The Labute approximate surface area is 90.1 Å². The van der Waals surface area contributed by atoms with Crippen molar-refractivity contribution in [3.05, 3.63) is 0 Å². The smallest absolute Gasteiger partial charge is 0.306 e. The molecule has 15 heavy (non-hydrogen) atoms. The van der Waals surface area contributed by atoms with Crippen LogP contribution in [0, 0.1) is 5.92 Å². The van der Waals surface area contributed by atoms with Crippen LogP contribution in [0.5, 0.6) is 0 Å². The molecule has 0 atom stereocenters. The lowest BCUT2D eigenvalue weighted by Gasteiger charge is -2.25. The number of ether oxygens (including phenoxy) is 3. The summed E-state index contributed by atoms with van der Waals surface area (Å²) in [5, 5.41) is 3.11. The van der Waals surface area contributed by atoms with E-state index in [9.17, 15) is 4.79 Å². The van der Waals surface area contributed by atoms with Crippen LogP contribution in [-0.4, -0.2) is 52.6 Å². The second kappa shape index (κ2) is 7.62. The molecule has 0 amide bonds. The molecule has 1 rings (SSSR count). The van der Waals surface area contributed by atoms with Gasteiger partial charge in [-0.1, -0.05) is 0 Å². The van der Waals surface area contributed by atoms with Gasteiger partial charge in [-0.15, -0.1) is 0 Å². The Morgan fingerprint density at radius 3 is 2.60 bits per heavy atom. The zero-order chi connectivity index (χ0) is 10.9. The van der Waals surface area contributed by atoms with Gasteiger partial charge in [-0.2, -0.15) is 0 Å². The molecule has 0 radical (unpaired) electrons. The number of carbonyl (C=O) groups is 1. The quantitative estimate of drug-likeness (QED) is 0.451. The summed E-state index contributed by atoms with van der Waals surface area (Å²) in [5.41, 5.74) is 0. The molecule has 0 aromatic rings. The highest BCUT2D eigenvalue weighted by molar-refractivity contribution is 5.69. The lowest BCUT2D eigenvalue weighted by Crippen LogP contribution is -2.43. The first-order chi connectivity index (χ1) is 7.33. The van der Waals surface area contributed by atoms with Gasteiger partial charge in [-0.25, -0.2) is 0 Å². The normalized spacial score (nSPS) is 16.1. The van der Waals surface area contributed by atoms with E-state index in [4.69, 9.17) is 14.2 Å². The van der Waals surface area contributed by atoms with Crippen molar-refractivity contribution >= 4 is 5.97 Å². The highest BCUT2D eigenvalue weighted by atomic mass is 16.6. The predicted molar refractivity (Wildman–Crippen MR) is 54.6 cm³/mol. The Kier molecular flexibility index (Phi) is 6.31. The third kappa shape index (κ3) is 5.71. The molecular formula is C10H19NO4. The van der Waals surface area contributed by atoms with Crippen LogP contribution in [0.2, 0.25) is 0 Å². The van der Waals surface area contributed by atoms with Crippen LogP contribution in [0.3, 0.4) is 0 Å². The van der Waals surface area contributed by atoms with Crippen LogP contribution < -0.4 is 5.32 Å². The van der Waals surface area contributed by atoms with Crippen LogP contribution in [0.1, 0.15) is 6.42 Å². The van der Waals surface area contributed by atoms with E-state index < -0.39 is 0 Å². The molecule has 0 bridgehead atoms. The highest BCUT2D eigenvalue weighted by Gasteiger charge is 2.20. The summed E-state index contributed by atoms with van der Waals surface area (Å²) in [6.45, 7) is 3.75. The summed E-state index contributed by atoms with van der Waals surface area (Å²) < 4.78 is 15.0. The SMILES string of the molecule is COCCOCCOC(=O)CC1CNC1. The third-order valence-electron chi connectivity index (χ3n) is 2.24. The van der Waals surface area contributed by atoms with Gasteiger partial charge in [-0.3, -0.25) is 4.79 Å². The fourth-order valence-electron chi connectivity index (χ4n) is 1.25. The minimum Gasteiger partial charge on any atom is -0.463 e. The van der Waals surface area contributed by atoms with Crippen molar-refractivity contribution in [3.63, 3.8) is 0 Å². The van der Waals surface area contributed by atoms with Crippen molar-refractivity contribution < 1.29 is 19.0 Å². The molecule has 0 aromatic heterocycles. The number of methoxy groups -OCH3 is 1. The van der Waals surface area contributed by atoms with Gasteiger partial charge in [0.1, 0.15) is 6.61 Å². The fourth-order valence-corrected chi connectivity index (χ4v) is 1.25. The molecule has 1 N–H and O–H groups in total. The predicted octanol–water partition coefficient (Wildman–Crippen LogP) is -0.198. The van der Waals surface area contributed by atoms with Gasteiger partial charge in [0.05, 0.1) is 26.2 Å². The molecule has 0 aromatic carbocycles. The van der Waals surface area contributed by atoms with Crippen molar-refractivity contribution in [1.29, 1.82) is 0 Å². The molecule has 1 heterocycles. The Bertz CT molecular complexity index is 182. The second-order valence-electron chi connectivity index (χ2n) is 3.55. The van der Waals surface area contributed by atoms with Gasteiger partial charge in [0.15, 0.2) is 0 Å². The van der Waals surface area contributed by atoms with Crippen molar-refractivity contribution in [2.75, 3.05) is 46.6 Å². The van der Waals surface area contributed by atoms with Crippen LogP contribution in [-0.2, 0) is 19.0 Å². The highest BCUT2D eigenvalue weighted by Crippen LogP contribution is 2.08. The number of esters is 1. The Hall–Kier alpha value is -0.650. The molecule has 0 aliphatic carbocycles. The molecular weight excluding hydrogens is 198 g/mol. The Morgan fingerprint density at radius 2 is 2.00 bits per heavy atom. The Morgan fingerprint density at radius 1 is 1.27 bits per heavy atom. The number of hydrogen-bond acceptors (Lipinski definition) is 5. The van der Waals surface area contributed by atoms with Gasteiger partial charge in [-0.05, 0) is 19.0 Å². The van der Waals surface area contributed by atoms with Gasteiger partial charge in [0.25, 0.3) is 0 Å². The first kappa shape index (κ1) is 12.4. The van der Waals surface area contributed by atoms with Gasteiger partial charge >= 0.3 is 5.97 Å². The summed E-state index contributed by atoms with van der Waals surface area (Å²) >= 11 is 0. The zero-order valence-electron chi connectivity index (χ0n) is 9.16. The first-order valence-electron chi connectivity index (χ1n) is 5.26. The molecule has 1 aliphatic heterocycles. The summed E-state index contributed by atoms with van der Waals surface area (Å²) in [4.78, 5) is 11.2. The number of carbonyl (C=O) groups excluding carboxylic acids is 1. The van der Waals surface area contributed by atoms with Gasteiger partial charge in [0, 0.05) is 7.11 Å². The van der Waals surface area contributed by atoms with E-state index in [1.165, 1.54) is 0 Å². The first-order valence-corrected chi connectivity index (χ1v) is 5.26. The average molecular weight is 217 g/mol. The maximum Gasteiger partial charge on any atom is 0.306 e. The Balaban J connectivity index is 1.83. The third-order valence-corrected chi connectivity index (χ3v) is 2.24. The lowest BCUT2D eigenvalue weighted by molar-refractivity contribution is -0.146. The minimum atomic E-state index is -0.128. The summed E-state index contributed by atoms with van der Waals surface area (Å²) in [6, 6.07) is 0. The minimum absolute atomic E-state index is 0.128. The van der Waals surface area contributed by atoms with Crippen LogP contribution in [0.15, 0.2) is 0 Å². The van der Waals surface area contributed by atoms with Crippen LogP contribution in [0.25, 0.3) is 0 Å². The molecule has 0 saturated carbocycles. The summed E-state index contributed by atoms with van der Waals surface area (Å²) in [5.74, 6) is 0.337.